The molecule has 10 heavy (non-hydrogen) atoms. The van der Waals surface area contributed by atoms with E-state index in [-0.39, 0.29) is 0 Å². The van der Waals surface area contributed by atoms with Crippen molar-refractivity contribution in [3.63, 3.8) is 0 Å². The first kappa shape index (κ1) is 7.13. The third-order valence-electron chi connectivity index (χ3n) is 1.20. The lowest BCUT2D eigenvalue weighted by molar-refractivity contribution is 0.339. The molecule has 0 fully saturated rings. The van der Waals surface area contributed by atoms with Crippen LogP contribution in [0.15, 0.2) is 18.3 Å². The molecule has 0 radical (unpaired) electrons. The Morgan fingerprint density at radius 1 is 1.60 bits per heavy atom. The van der Waals surface area contributed by atoms with Gasteiger partial charge in [-0.25, -0.2) is 0 Å². The summed E-state index contributed by atoms with van der Waals surface area (Å²) in [5, 5.41) is 0. The van der Waals surface area contributed by atoms with Gasteiger partial charge in [-0.05, 0) is 24.6 Å². The lowest BCUT2D eigenvalue weighted by Crippen LogP contribution is -2.06. The molecule has 0 atom stereocenters. The topological polar surface area (TPSA) is 22.1 Å². The molecule has 1 aromatic heterocycles. The molecule has 0 aliphatic heterocycles. The van der Waals surface area contributed by atoms with Gasteiger partial charge in [0, 0.05) is 0 Å². The molecule has 0 unspecified atom stereocenters. The molecule has 0 spiro atoms. The second-order valence-electron chi connectivity index (χ2n) is 2.07. The summed E-state index contributed by atoms with van der Waals surface area (Å²) in [5.74, 6) is 0.841. The highest BCUT2D eigenvalue weighted by atomic mass is 16.5. The van der Waals surface area contributed by atoms with Crippen molar-refractivity contribution < 1.29 is 4.74 Å². The second-order valence-corrected chi connectivity index (χ2v) is 2.07. The van der Waals surface area contributed by atoms with Crippen molar-refractivity contribution in [3.05, 3.63) is 18.3 Å². The van der Waals surface area contributed by atoms with Crippen molar-refractivity contribution >= 4 is 13.4 Å². The van der Waals surface area contributed by atoms with E-state index in [1.807, 2.05) is 26.9 Å². The van der Waals surface area contributed by atoms with Crippen molar-refractivity contribution in [1.29, 1.82) is 0 Å². The van der Waals surface area contributed by atoms with E-state index < -0.39 is 0 Å². The summed E-state index contributed by atoms with van der Waals surface area (Å²) < 4.78 is 5.20. The minimum absolute atomic E-state index is 0.699. The van der Waals surface area contributed by atoms with Gasteiger partial charge in [-0.15, -0.1) is 0 Å². The van der Waals surface area contributed by atoms with Gasteiger partial charge in [-0.1, -0.05) is 0 Å². The van der Waals surface area contributed by atoms with Gasteiger partial charge in [0.25, 0.3) is 0 Å². The van der Waals surface area contributed by atoms with Crippen LogP contribution in [0.2, 0.25) is 0 Å². The fraction of sp³-hybridized carbons (Fsp3) is 0.286. The van der Waals surface area contributed by atoms with E-state index in [4.69, 9.17) is 4.74 Å². The van der Waals surface area contributed by atoms with E-state index in [0.717, 1.165) is 11.3 Å². The SMILES string of the molecule is Bc1ccc(OCC)cn1. The first-order valence-electron chi connectivity index (χ1n) is 3.38. The van der Waals surface area contributed by atoms with E-state index in [1.165, 1.54) is 0 Å². The van der Waals surface area contributed by atoms with Crippen LogP contribution < -0.4 is 10.3 Å². The molecule has 0 N–H and O–H groups in total. The minimum Gasteiger partial charge on any atom is -0.492 e. The smallest absolute Gasteiger partial charge is 0.163 e. The number of hydrogen-bond donors (Lipinski definition) is 0. The molecule has 0 saturated carbocycles. The molecule has 52 valence electrons. The van der Waals surface area contributed by atoms with Crippen LogP contribution in [-0.2, 0) is 0 Å². The van der Waals surface area contributed by atoms with Crippen LogP contribution in [0.1, 0.15) is 6.92 Å². The number of ether oxygens (including phenoxy) is 1. The maximum absolute atomic E-state index is 5.20. The molecule has 0 saturated heterocycles. The van der Waals surface area contributed by atoms with E-state index in [9.17, 15) is 0 Å². The van der Waals surface area contributed by atoms with Crippen LogP contribution in [-0.4, -0.2) is 19.4 Å². The zero-order chi connectivity index (χ0) is 7.40. The summed E-state index contributed by atoms with van der Waals surface area (Å²) in [4.78, 5) is 4.07. The van der Waals surface area contributed by atoms with E-state index in [2.05, 4.69) is 4.98 Å². The highest BCUT2D eigenvalue weighted by molar-refractivity contribution is 6.30. The Labute approximate surface area is 61.6 Å². The zero-order valence-corrected chi connectivity index (χ0v) is 6.29. The van der Waals surface area contributed by atoms with E-state index in [1.54, 1.807) is 6.20 Å². The van der Waals surface area contributed by atoms with Gasteiger partial charge in [-0.2, -0.15) is 0 Å². The maximum Gasteiger partial charge on any atom is 0.163 e. The predicted octanol–water partition coefficient (Wildman–Crippen LogP) is -0.261. The van der Waals surface area contributed by atoms with Gasteiger partial charge in [0.05, 0.1) is 12.8 Å². The summed E-state index contributed by atoms with van der Waals surface area (Å²) in [7, 11) is 1.95. The summed E-state index contributed by atoms with van der Waals surface area (Å²) in [6, 6.07) is 3.86. The molecule has 1 heterocycles. The van der Waals surface area contributed by atoms with Crippen LogP contribution in [0.25, 0.3) is 0 Å². The van der Waals surface area contributed by atoms with Gasteiger partial charge < -0.3 is 4.74 Å². The first-order chi connectivity index (χ1) is 4.83. The number of pyridine rings is 1. The van der Waals surface area contributed by atoms with Crippen LogP contribution in [0.3, 0.4) is 0 Å². The zero-order valence-electron chi connectivity index (χ0n) is 6.29. The normalized spacial score (nSPS) is 9.30. The average molecular weight is 135 g/mol. The Morgan fingerprint density at radius 3 is 2.90 bits per heavy atom. The number of nitrogens with zero attached hydrogens (tertiary/aromatic N) is 1. The number of rotatable bonds is 2. The molecule has 0 aromatic carbocycles. The summed E-state index contributed by atoms with van der Waals surface area (Å²) >= 11 is 0. The van der Waals surface area contributed by atoms with Crippen LogP contribution in [0, 0.1) is 0 Å². The van der Waals surface area contributed by atoms with Crippen LogP contribution in [0.4, 0.5) is 0 Å². The van der Waals surface area contributed by atoms with Crippen molar-refractivity contribution in [2.75, 3.05) is 6.61 Å². The Balaban J connectivity index is 2.69. The highest BCUT2D eigenvalue weighted by Crippen LogP contribution is 2.03. The molecule has 0 bridgehead atoms. The number of aromatic nitrogens is 1. The minimum atomic E-state index is 0.699. The van der Waals surface area contributed by atoms with Gasteiger partial charge in [-0.3, -0.25) is 4.98 Å². The fourth-order valence-corrected chi connectivity index (χ4v) is 0.706. The molecule has 0 aliphatic carbocycles. The maximum atomic E-state index is 5.20. The number of hydrogen-bond acceptors (Lipinski definition) is 2. The van der Waals surface area contributed by atoms with Crippen molar-refractivity contribution in [2.45, 2.75) is 6.92 Å². The fourth-order valence-electron chi connectivity index (χ4n) is 0.706. The summed E-state index contributed by atoms with van der Waals surface area (Å²) in [6.07, 6.45) is 1.73. The summed E-state index contributed by atoms with van der Waals surface area (Å²) in [6.45, 7) is 2.66. The lowest BCUT2D eigenvalue weighted by atomic mass is 10.0. The van der Waals surface area contributed by atoms with E-state index >= 15 is 0 Å². The Bertz CT molecular complexity index is 197. The Hall–Kier alpha value is -0.985. The largest absolute Gasteiger partial charge is 0.492 e. The van der Waals surface area contributed by atoms with Gasteiger partial charge in [0.1, 0.15) is 5.75 Å². The molecule has 1 rings (SSSR count). The van der Waals surface area contributed by atoms with Gasteiger partial charge in [0.2, 0.25) is 0 Å². The molecule has 0 amide bonds. The first-order valence-corrected chi connectivity index (χ1v) is 3.38. The summed E-state index contributed by atoms with van der Waals surface area (Å²) in [5.41, 5.74) is 1.02. The standard InChI is InChI=1S/C7H10BNO/c1-2-10-6-3-4-7(8)9-5-6/h3-5H,2,8H2,1H3. The highest BCUT2D eigenvalue weighted by Gasteiger charge is 1.89. The molecule has 3 heteroatoms. The molecule has 2 nitrogen and oxygen atoms in total. The third kappa shape index (κ3) is 1.76. The molecule has 1 aromatic rings. The van der Waals surface area contributed by atoms with Crippen LogP contribution in [0.5, 0.6) is 5.75 Å². The quantitative estimate of drug-likeness (QED) is 0.521. The monoisotopic (exact) mass is 135 g/mol. The molecule has 0 aliphatic rings. The molecular formula is C7H10BNO. The van der Waals surface area contributed by atoms with Crippen molar-refractivity contribution in [2.24, 2.45) is 0 Å². The van der Waals surface area contributed by atoms with Gasteiger partial charge >= 0.3 is 0 Å². The van der Waals surface area contributed by atoms with E-state index in [0.29, 0.717) is 6.61 Å². The Kier molecular flexibility index (Phi) is 2.32. The predicted molar refractivity (Wildman–Crippen MR) is 43.6 cm³/mol. The third-order valence-corrected chi connectivity index (χ3v) is 1.20. The molecular weight excluding hydrogens is 125 g/mol. The lowest BCUT2D eigenvalue weighted by Gasteiger charge is -2.00. The van der Waals surface area contributed by atoms with Crippen molar-refractivity contribution in [1.82, 2.24) is 4.98 Å². The average Bonchev–Trinajstić information content (AvgIpc) is 1.95. The van der Waals surface area contributed by atoms with Gasteiger partial charge in [0.15, 0.2) is 7.85 Å². The Morgan fingerprint density at radius 2 is 2.40 bits per heavy atom. The van der Waals surface area contributed by atoms with Crippen LogP contribution >= 0.6 is 0 Å². The van der Waals surface area contributed by atoms with Crippen molar-refractivity contribution in [3.8, 4) is 5.75 Å². The second kappa shape index (κ2) is 3.25.